The summed E-state index contributed by atoms with van der Waals surface area (Å²) in [6.45, 7) is 3.95. The number of carbonyl (C=O) groups excluding carboxylic acids is 1. The van der Waals surface area contributed by atoms with E-state index in [1.54, 1.807) is 23.5 Å². The van der Waals surface area contributed by atoms with Crippen molar-refractivity contribution in [1.82, 2.24) is 4.98 Å². The number of furan rings is 1. The molecule has 5 heteroatoms. The smallest absolute Gasteiger partial charge is 0.204 e. The standard InChI is InChI=1S/C11H10BrNO2S/c1-6-7(2)16-11(13-6)5-8(14)9-3-4-10(12)15-9/h3-4H,5H2,1-2H3. The fourth-order valence-corrected chi connectivity index (χ4v) is 2.54. The van der Waals surface area contributed by atoms with Gasteiger partial charge in [0.05, 0.1) is 12.1 Å². The molecule has 16 heavy (non-hydrogen) atoms. The van der Waals surface area contributed by atoms with Gasteiger partial charge in [-0.15, -0.1) is 11.3 Å². The van der Waals surface area contributed by atoms with Crippen LogP contribution in [0.25, 0.3) is 0 Å². The van der Waals surface area contributed by atoms with Crippen molar-refractivity contribution in [3.05, 3.63) is 38.1 Å². The quantitative estimate of drug-likeness (QED) is 0.814. The summed E-state index contributed by atoms with van der Waals surface area (Å²) < 4.78 is 5.77. The summed E-state index contributed by atoms with van der Waals surface area (Å²) >= 11 is 4.73. The molecule has 2 heterocycles. The van der Waals surface area contributed by atoms with E-state index in [-0.39, 0.29) is 5.78 Å². The zero-order valence-corrected chi connectivity index (χ0v) is 11.3. The largest absolute Gasteiger partial charge is 0.446 e. The number of thiazole rings is 1. The SMILES string of the molecule is Cc1nc(CC(=O)c2ccc(Br)o2)sc1C. The number of aromatic nitrogens is 1. The molecule has 0 bridgehead atoms. The molecule has 2 aromatic heterocycles. The molecule has 0 saturated heterocycles. The highest BCUT2D eigenvalue weighted by atomic mass is 79.9. The van der Waals surface area contributed by atoms with E-state index in [0.29, 0.717) is 16.9 Å². The Hall–Kier alpha value is -0.940. The number of ketones is 1. The lowest BCUT2D eigenvalue weighted by Gasteiger charge is -1.92. The minimum Gasteiger partial charge on any atom is -0.446 e. The Labute approximate surface area is 106 Å². The van der Waals surface area contributed by atoms with Crippen molar-refractivity contribution in [3.8, 4) is 0 Å². The van der Waals surface area contributed by atoms with E-state index in [9.17, 15) is 4.79 Å². The molecule has 0 radical (unpaired) electrons. The van der Waals surface area contributed by atoms with E-state index >= 15 is 0 Å². The molecule has 3 nitrogen and oxygen atoms in total. The number of carbonyl (C=O) groups is 1. The van der Waals surface area contributed by atoms with Crippen LogP contribution in [0.2, 0.25) is 0 Å². The van der Waals surface area contributed by atoms with Gasteiger partial charge in [0.2, 0.25) is 5.78 Å². The van der Waals surface area contributed by atoms with Crippen molar-refractivity contribution >= 4 is 33.0 Å². The predicted molar refractivity (Wildman–Crippen MR) is 66.0 cm³/mol. The molecule has 0 aliphatic rings. The summed E-state index contributed by atoms with van der Waals surface area (Å²) in [6, 6.07) is 3.38. The second-order valence-corrected chi connectivity index (χ2v) is 5.52. The first-order valence-corrected chi connectivity index (χ1v) is 6.38. The molecule has 0 fully saturated rings. The van der Waals surface area contributed by atoms with Gasteiger partial charge in [-0.3, -0.25) is 4.79 Å². The van der Waals surface area contributed by atoms with Crippen LogP contribution in [0.5, 0.6) is 0 Å². The molecule has 2 rings (SSSR count). The third-order valence-corrected chi connectivity index (χ3v) is 3.73. The summed E-state index contributed by atoms with van der Waals surface area (Å²) in [4.78, 5) is 17.3. The van der Waals surface area contributed by atoms with Crippen molar-refractivity contribution < 1.29 is 9.21 Å². The van der Waals surface area contributed by atoms with E-state index in [1.807, 2.05) is 13.8 Å². The molecule has 84 valence electrons. The molecule has 0 aliphatic heterocycles. The number of halogens is 1. The van der Waals surface area contributed by atoms with Gasteiger partial charge in [-0.05, 0) is 41.9 Å². The lowest BCUT2D eigenvalue weighted by molar-refractivity contribution is 0.0965. The van der Waals surface area contributed by atoms with Gasteiger partial charge >= 0.3 is 0 Å². The first kappa shape index (κ1) is 11.5. The minimum atomic E-state index is -0.0422. The van der Waals surface area contributed by atoms with Crippen molar-refractivity contribution in [1.29, 1.82) is 0 Å². The highest BCUT2D eigenvalue weighted by molar-refractivity contribution is 9.10. The summed E-state index contributed by atoms with van der Waals surface area (Å²) in [7, 11) is 0. The van der Waals surface area contributed by atoms with Crippen molar-refractivity contribution in [2.75, 3.05) is 0 Å². The average molecular weight is 300 g/mol. The minimum absolute atomic E-state index is 0.0422. The number of hydrogen-bond donors (Lipinski definition) is 0. The van der Waals surface area contributed by atoms with E-state index in [4.69, 9.17) is 4.42 Å². The molecule has 0 saturated carbocycles. The van der Waals surface area contributed by atoms with Gasteiger partial charge in [0.1, 0.15) is 5.01 Å². The van der Waals surface area contributed by atoms with Crippen molar-refractivity contribution in [3.63, 3.8) is 0 Å². The summed E-state index contributed by atoms with van der Waals surface area (Å²) in [6.07, 6.45) is 0.305. The fourth-order valence-electron chi connectivity index (χ4n) is 1.30. The highest BCUT2D eigenvalue weighted by Crippen LogP contribution is 2.20. The molecular weight excluding hydrogens is 290 g/mol. The van der Waals surface area contributed by atoms with Crippen LogP contribution >= 0.6 is 27.3 Å². The maximum absolute atomic E-state index is 11.8. The average Bonchev–Trinajstić information content (AvgIpc) is 2.75. The summed E-state index contributed by atoms with van der Waals surface area (Å²) in [5.41, 5.74) is 0.994. The van der Waals surface area contributed by atoms with Crippen LogP contribution in [0.1, 0.15) is 26.1 Å². The van der Waals surface area contributed by atoms with E-state index in [1.165, 1.54) is 0 Å². The molecule has 0 amide bonds. The maximum Gasteiger partial charge on any atom is 0.204 e. The Bertz CT molecular complexity index is 510. The predicted octanol–water partition coefficient (Wildman–Crippen LogP) is 3.54. The first-order chi connectivity index (χ1) is 7.56. The number of aryl methyl sites for hydroxylation is 2. The second-order valence-electron chi connectivity index (χ2n) is 3.45. The Morgan fingerprint density at radius 2 is 2.25 bits per heavy atom. The summed E-state index contributed by atoms with van der Waals surface area (Å²) in [5, 5.41) is 0.840. The molecule has 0 spiro atoms. The summed E-state index contributed by atoms with van der Waals surface area (Å²) in [5.74, 6) is 0.330. The molecule has 0 atom stereocenters. The molecule has 0 N–H and O–H groups in total. The first-order valence-electron chi connectivity index (χ1n) is 4.77. The van der Waals surface area contributed by atoms with Gasteiger partial charge in [0, 0.05) is 4.88 Å². The third-order valence-electron chi connectivity index (χ3n) is 2.23. The lowest BCUT2D eigenvalue weighted by atomic mass is 10.2. The number of hydrogen-bond acceptors (Lipinski definition) is 4. The lowest BCUT2D eigenvalue weighted by Crippen LogP contribution is -2.01. The highest BCUT2D eigenvalue weighted by Gasteiger charge is 2.14. The molecule has 0 aliphatic carbocycles. The van der Waals surface area contributed by atoms with Crippen LogP contribution in [0.4, 0.5) is 0 Å². The van der Waals surface area contributed by atoms with E-state index in [0.717, 1.165) is 15.6 Å². The van der Waals surface area contributed by atoms with Crippen molar-refractivity contribution in [2.45, 2.75) is 20.3 Å². The molecular formula is C11H10BrNO2S. The third kappa shape index (κ3) is 2.41. The van der Waals surface area contributed by atoms with E-state index < -0.39 is 0 Å². The van der Waals surface area contributed by atoms with Gasteiger partial charge in [-0.1, -0.05) is 0 Å². The maximum atomic E-state index is 11.8. The van der Waals surface area contributed by atoms with Gasteiger partial charge in [-0.25, -0.2) is 4.98 Å². The van der Waals surface area contributed by atoms with Gasteiger partial charge in [0.25, 0.3) is 0 Å². The normalized spacial score (nSPS) is 10.7. The van der Waals surface area contributed by atoms with Crippen LogP contribution in [0.15, 0.2) is 21.2 Å². The molecule has 0 unspecified atom stereocenters. The second kappa shape index (κ2) is 4.51. The van der Waals surface area contributed by atoms with Gasteiger partial charge < -0.3 is 4.42 Å². The van der Waals surface area contributed by atoms with Crippen LogP contribution in [0.3, 0.4) is 0 Å². The Kier molecular flexibility index (Phi) is 3.25. The van der Waals surface area contributed by atoms with Gasteiger partial charge in [-0.2, -0.15) is 0 Å². The van der Waals surface area contributed by atoms with E-state index in [2.05, 4.69) is 20.9 Å². The molecule has 2 aromatic rings. The zero-order valence-electron chi connectivity index (χ0n) is 8.91. The number of nitrogens with zero attached hydrogens (tertiary/aromatic N) is 1. The zero-order chi connectivity index (χ0) is 11.7. The van der Waals surface area contributed by atoms with Crippen LogP contribution in [-0.2, 0) is 6.42 Å². The number of Topliss-reactive ketones (excluding diaryl/α,β-unsaturated/α-hetero) is 1. The topological polar surface area (TPSA) is 43.1 Å². The van der Waals surface area contributed by atoms with Crippen LogP contribution in [0, 0.1) is 13.8 Å². The number of rotatable bonds is 3. The Morgan fingerprint density at radius 1 is 1.50 bits per heavy atom. The Morgan fingerprint density at radius 3 is 2.75 bits per heavy atom. The van der Waals surface area contributed by atoms with Crippen molar-refractivity contribution in [2.24, 2.45) is 0 Å². The Balaban J connectivity index is 2.13. The van der Waals surface area contributed by atoms with Crippen LogP contribution in [-0.4, -0.2) is 10.8 Å². The fraction of sp³-hybridized carbons (Fsp3) is 0.273. The molecule has 0 aromatic carbocycles. The van der Waals surface area contributed by atoms with Gasteiger partial charge in [0.15, 0.2) is 10.4 Å². The monoisotopic (exact) mass is 299 g/mol. The van der Waals surface area contributed by atoms with Crippen LogP contribution < -0.4 is 0 Å².